The number of aryl methyl sites for hydroxylation is 1. The Balaban J connectivity index is 1.60. The highest BCUT2D eigenvalue weighted by atomic mass is 35.5. The number of thioether (sulfide) groups is 1. The van der Waals surface area contributed by atoms with Gasteiger partial charge in [0.25, 0.3) is 0 Å². The van der Waals surface area contributed by atoms with Crippen LogP contribution in [0.5, 0.6) is 0 Å². The van der Waals surface area contributed by atoms with Crippen molar-refractivity contribution >= 4 is 46.7 Å². The molecule has 7 nitrogen and oxygen atoms in total. The van der Waals surface area contributed by atoms with Crippen LogP contribution in [0, 0.1) is 6.92 Å². The molecule has 0 radical (unpaired) electrons. The van der Waals surface area contributed by atoms with E-state index in [1.54, 1.807) is 12.4 Å². The lowest BCUT2D eigenvalue weighted by Gasteiger charge is -2.12. The van der Waals surface area contributed by atoms with Crippen LogP contribution in [0.4, 0.5) is 5.82 Å². The summed E-state index contributed by atoms with van der Waals surface area (Å²) in [4.78, 5) is 20.7. The molecule has 0 fully saturated rings. The van der Waals surface area contributed by atoms with Gasteiger partial charge in [0.2, 0.25) is 5.91 Å². The molecule has 0 saturated heterocycles. The Kier molecular flexibility index (Phi) is 6.50. The van der Waals surface area contributed by atoms with Gasteiger partial charge in [-0.1, -0.05) is 53.2 Å². The summed E-state index contributed by atoms with van der Waals surface area (Å²) in [6.07, 6.45) is 4.85. The quantitative estimate of drug-likeness (QED) is 0.395. The van der Waals surface area contributed by atoms with Gasteiger partial charge in [0.15, 0.2) is 16.8 Å². The average Bonchev–Trinajstić information content (AvgIpc) is 3.19. The van der Waals surface area contributed by atoms with Crippen LogP contribution in [0.1, 0.15) is 5.56 Å². The van der Waals surface area contributed by atoms with Gasteiger partial charge in [0.05, 0.1) is 21.5 Å². The van der Waals surface area contributed by atoms with Gasteiger partial charge in [-0.3, -0.25) is 14.3 Å². The minimum atomic E-state index is -0.274. The third-order valence-electron chi connectivity index (χ3n) is 4.31. The summed E-state index contributed by atoms with van der Waals surface area (Å²) in [5.41, 5.74) is 2.80. The van der Waals surface area contributed by atoms with Crippen molar-refractivity contribution in [3.63, 3.8) is 0 Å². The number of hydrogen-bond acceptors (Lipinski definition) is 6. The second-order valence-electron chi connectivity index (χ2n) is 6.49. The van der Waals surface area contributed by atoms with Crippen molar-refractivity contribution in [3.05, 3.63) is 76.7 Å². The molecule has 0 atom stereocenters. The SMILES string of the molecule is Cc1ccccc1-n1c(SCC(=O)Nc2ncc(Cl)cc2Cl)nnc1-c1cccnc1. The standard InChI is InChI=1S/C21H16Cl2N6OS/c1-13-5-2-3-7-17(13)29-20(14-6-4-8-24-10-14)27-28-21(29)31-12-18(30)26-19-16(23)9-15(22)11-25-19/h2-11H,12H2,1H3,(H,25,26,30). The molecular formula is C21H16Cl2N6OS. The van der Waals surface area contributed by atoms with Crippen molar-refractivity contribution in [2.75, 3.05) is 11.1 Å². The largest absolute Gasteiger partial charge is 0.309 e. The number of anilines is 1. The average molecular weight is 471 g/mol. The summed E-state index contributed by atoms with van der Waals surface area (Å²) in [7, 11) is 0. The fourth-order valence-corrected chi connectivity index (χ4v) is 4.05. The van der Waals surface area contributed by atoms with E-state index in [2.05, 4.69) is 25.5 Å². The Morgan fingerprint density at radius 2 is 1.97 bits per heavy atom. The molecule has 1 aromatic carbocycles. The fourth-order valence-electron chi connectivity index (χ4n) is 2.88. The van der Waals surface area contributed by atoms with Crippen molar-refractivity contribution in [2.24, 2.45) is 0 Å². The number of halogens is 2. The van der Waals surface area contributed by atoms with Crippen molar-refractivity contribution in [2.45, 2.75) is 12.1 Å². The van der Waals surface area contributed by atoms with Gasteiger partial charge >= 0.3 is 0 Å². The Morgan fingerprint density at radius 3 is 2.71 bits per heavy atom. The van der Waals surface area contributed by atoms with Crippen LogP contribution in [0.15, 0.2) is 66.2 Å². The first-order chi connectivity index (χ1) is 15.0. The predicted molar refractivity (Wildman–Crippen MR) is 123 cm³/mol. The van der Waals surface area contributed by atoms with Crippen LogP contribution in [0.25, 0.3) is 17.1 Å². The van der Waals surface area contributed by atoms with Crippen molar-refractivity contribution in [1.29, 1.82) is 0 Å². The van der Waals surface area contributed by atoms with E-state index < -0.39 is 0 Å². The van der Waals surface area contributed by atoms with Crippen LogP contribution in [0.2, 0.25) is 10.0 Å². The Labute approximate surface area is 192 Å². The second kappa shape index (κ2) is 9.47. The molecule has 0 aliphatic rings. The van der Waals surface area contributed by atoms with Crippen molar-refractivity contribution in [3.8, 4) is 17.1 Å². The summed E-state index contributed by atoms with van der Waals surface area (Å²) in [6.45, 7) is 2.01. The molecule has 0 bridgehead atoms. The first-order valence-electron chi connectivity index (χ1n) is 9.18. The Morgan fingerprint density at radius 1 is 1.13 bits per heavy atom. The lowest BCUT2D eigenvalue weighted by atomic mass is 10.2. The summed E-state index contributed by atoms with van der Waals surface area (Å²) in [6, 6.07) is 13.2. The number of nitrogens with one attached hydrogen (secondary N) is 1. The van der Waals surface area contributed by atoms with Gasteiger partial charge in [0.1, 0.15) is 0 Å². The molecule has 1 N–H and O–H groups in total. The molecule has 4 aromatic rings. The molecule has 156 valence electrons. The highest BCUT2D eigenvalue weighted by Crippen LogP contribution is 2.29. The molecule has 0 saturated carbocycles. The smallest absolute Gasteiger partial charge is 0.236 e. The van der Waals surface area contributed by atoms with E-state index in [0.717, 1.165) is 16.8 Å². The highest BCUT2D eigenvalue weighted by Gasteiger charge is 2.19. The van der Waals surface area contributed by atoms with Gasteiger partial charge in [-0.05, 0) is 36.8 Å². The topological polar surface area (TPSA) is 85.6 Å². The number of pyridine rings is 2. The van der Waals surface area contributed by atoms with Crippen LogP contribution in [-0.4, -0.2) is 36.4 Å². The molecule has 4 rings (SSSR count). The third kappa shape index (κ3) is 4.87. The monoisotopic (exact) mass is 470 g/mol. The fraction of sp³-hybridized carbons (Fsp3) is 0.0952. The van der Waals surface area contributed by atoms with Crippen LogP contribution >= 0.6 is 35.0 Å². The lowest BCUT2D eigenvalue weighted by molar-refractivity contribution is -0.113. The third-order valence-corrected chi connectivity index (χ3v) is 5.73. The van der Waals surface area contributed by atoms with E-state index >= 15 is 0 Å². The number of nitrogens with zero attached hydrogens (tertiary/aromatic N) is 5. The number of para-hydroxylation sites is 1. The molecule has 0 aliphatic carbocycles. The number of carbonyl (C=O) groups excluding carboxylic acids is 1. The highest BCUT2D eigenvalue weighted by molar-refractivity contribution is 7.99. The summed E-state index contributed by atoms with van der Waals surface area (Å²) in [5, 5.41) is 12.6. The van der Waals surface area contributed by atoms with Gasteiger partial charge in [0, 0.05) is 24.2 Å². The number of carbonyl (C=O) groups is 1. The molecule has 3 aromatic heterocycles. The zero-order valence-electron chi connectivity index (χ0n) is 16.3. The first-order valence-corrected chi connectivity index (χ1v) is 10.9. The maximum Gasteiger partial charge on any atom is 0.236 e. The number of hydrogen-bond donors (Lipinski definition) is 1. The molecule has 10 heteroatoms. The normalized spacial score (nSPS) is 10.8. The maximum absolute atomic E-state index is 12.5. The summed E-state index contributed by atoms with van der Waals surface area (Å²) < 4.78 is 1.93. The molecule has 31 heavy (non-hydrogen) atoms. The van der Waals surface area contributed by atoms with E-state index in [1.165, 1.54) is 24.0 Å². The molecule has 0 unspecified atom stereocenters. The van der Waals surface area contributed by atoms with Crippen LogP contribution in [0.3, 0.4) is 0 Å². The molecule has 3 heterocycles. The number of benzene rings is 1. The molecule has 0 spiro atoms. The Bertz CT molecular complexity index is 1230. The maximum atomic E-state index is 12.5. The van der Waals surface area contributed by atoms with E-state index in [1.807, 2.05) is 47.9 Å². The van der Waals surface area contributed by atoms with Crippen molar-refractivity contribution < 1.29 is 4.79 Å². The predicted octanol–water partition coefficient (Wildman–Crippen LogP) is 5.07. The summed E-state index contributed by atoms with van der Waals surface area (Å²) in [5.74, 6) is 0.724. The Hall–Kier alpha value is -2.94. The number of rotatable bonds is 6. The minimum Gasteiger partial charge on any atom is -0.309 e. The second-order valence-corrected chi connectivity index (χ2v) is 8.28. The first kappa shape index (κ1) is 21.3. The lowest BCUT2D eigenvalue weighted by Crippen LogP contribution is -2.16. The molecule has 0 aliphatic heterocycles. The molecular weight excluding hydrogens is 455 g/mol. The van der Waals surface area contributed by atoms with E-state index in [4.69, 9.17) is 23.2 Å². The van der Waals surface area contributed by atoms with Crippen LogP contribution in [-0.2, 0) is 4.79 Å². The van der Waals surface area contributed by atoms with Gasteiger partial charge < -0.3 is 5.32 Å². The molecule has 1 amide bonds. The zero-order valence-corrected chi connectivity index (χ0v) is 18.6. The van der Waals surface area contributed by atoms with Crippen LogP contribution < -0.4 is 5.32 Å². The zero-order chi connectivity index (χ0) is 21.8. The van der Waals surface area contributed by atoms with Gasteiger partial charge in [-0.25, -0.2) is 4.98 Å². The van der Waals surface area contributed by atoms with E-state index in [-0.39, 0.29) is 22.5 Å². The number of aromatic nitrogens is 5. The summed E-state index contributed by atoms with van der Waals surface area (Å²) >= 11 is 13.2. The number of amides is 1. The van der Waals surface area contributed by atoms with Gasteiger partial charge in [-0.2, -0.15) is 0 Å². The minimum absolute atomic E-state index is 0.0949. The van der Waals surface area contributed by atoms with Gasteiger partial charge in [-0.15, -0.1) is 10.2 Å². The van der Waals surface area contributed by atoms with E-state index in [0.29, 0.717) is 16.0 Å². The van der Waals surface area contributed by atoms with E-state index in [9.17, 15) is 4.79 Å². The van der Waals surface area contributed by atoms with Crippen molar-refractivity contribution in [1.82, 2.24) is 24.7 Å².